The summed E-state index contributed by atoms with van der Waals surface area (Å²) < 4.78 is 8.00. The van der Waals surface area contributed by atoms with Crippen LogP contribution in [0.2, 0.25) is 0 Å². The summed E-state index contributed by atoms with van der Waals surface area (Å²) in [5.41, 5.74) is 5.88. The number of hydrogen-bond acceptors (Lipinski definition) is 7. The second-order valence-electron chi connectivity index (χ2n) is 11.4. The molecule has 0 radical (unpaired) electrons. The van der Waals surface area contributed by atoms with E-state index < -0.39 is 0 Å². The van der Waals surface area contributed by atoms with Crippen molar-refractivity contribution in [2.45, 2.75) is 57.9 Å². The number of amides is 1. The molecule has 2 N–H and O–H groups in total. The van der Waals surface area contributed by atoms with Gasteiger partial charge in [-0.1, -0.05) is 0 Å². The van der Waals surface area contributed by atoms with Crippen LogP contribution in [0, 0.1) is 18.8 Å². The van der Waals surface area contributed by atoms with Crippen LogP contribution in [-0.2, 0) is 7.05 Å². The lowest BCUT2D eigenvalue weighted by molar-refractivity contribution is 0.100. The SMILES string of the molecule is Cc1cc2cc(n1)-c1cnn(C)c1OCCC[C@@H](C1CC1)CN1/C(=N/C2=O)Nc2cc(NC3CCC3)ccc21. The van der Waals surface area contributed by atoms with Crippen LogP contribution in [0.3, 0.4) is 0 Å². The molecule has 0 saturated heterocycles. The Balaban J connectivity index is 1.28. The molecule has 0 unspecified atom stereocenters. The largest absolute Gasteiger partial charge is 0.477 e. The summed E-state index contributed by atoms with van der Waals surface area (Å²) in [5, 5.41) is 11.5. The quantitative estimate of drug-likeness (QED) is 0.474. The van der Waals surface area contributed by atoms with Crippen molar-refractivity contribution >= 4 is 28.9 Å². The van der Waals surface area contributed by atoms with Crippen LogP contribution in [0.5, 0.6) is 5.88 Å². The zero-order valence-corrected chi connectivity index (χ0v) is 22.6. The van der Waals surface area contributed by atoms with E-state index in [-0.39, 0.29) is 5.91 Å². The molecule has 2 aliphatic carbocycles. The maximum Gasteiger partial charge on any atom is 0.280 e. The van der Waals surface area contributed by atoms with Gasteiger partial charge < -0.3 is 20.3 Å². The number of fused-ring (bicyclic) bond motifs is 7. The zero-order chi connectivity index (χ0) is 26.5. The minimum Gasteiger partial charge on any atom is -0.477 e. The molecule has 0 spiro atoms. The van der Waals surface area contributed by atoms with Gasteiger partial charge >= 0.3 is 0 Å². The maximum absolute atomic E-state index is 13.6. The number of ether oxygens (including phenoxy) is 1. The molecular weight excluding hydrogens is 490 g/mol. The first-order valence-electron chi connectivity index (χ1n) is 14.2. The van der Waals surface area contributed by atoms with Crippen molar-refractivity contribution in [3.63, 3.8) is 0 Å². The number of pyridine rings is 1. The molecule has 2 aromatic heterocycles. The molecule has 1 amide bonds. The van der Waals surface area contributed by atoms with E-state index in [0.29, 0.717) is 47.6 Å². The van der Waals surface area contributed by atoms with Crippen molar-refractivity contribution in [1.82, 2.24) is 14.8 Å². The minimum absolute atomic E-state index is 0.293. The van der Waals surface area contributed by atoms with Crippen LogP contribution >= 0.6 is 0 Å². The summed E-state index contributed by atoms with van der Waals surface area (Å²) in [6.07, 6.45) is 10.0. The fraction of sp³-hybridized carbons (Fsp3) is 0.467. The number of aryl methyl sites for hydroxylation is 2. The van der Waals surface area contributed by atoms with Crippen molar-refractivity contribution in [2.24, 2.45) is 23.9 Å². The summed E-state index contributed by atoms with van der Waals surface area (Å²) in [4.78, 5) is 25.2. The van der Waals surface area contributed by atoms with Crippen molar-refractivity contribution in [3.8, 4) is 17.1 Å². The molecule has 2 bridgehead atoms. The van der Waals surface area contributed by atoms with Crippen LogP contribution in [0.1, 0.15) is 61.0 Å². The number of carbonyl (C=O) groups excluding carboxylic acids is 1. The number of benzene rings is 1. The van der Waals surface area contributed by atoms with E-state index in [0.717, 1.165) is 47.7 Å². The van der Waals surface area contributed by atoms with E-state index in [9.17, 15) is 4.79 Å². The molecule has 2 fully saturated rings. The number of hydrogen-bond donors (Lipinski definition) is 2. The number of nitrogens with one attached hydrogen (secondary N) is 2. The van der Waals surface area contributed by atoms with Crippen molar-refractivity contribution in [3.05, 3.63) is 47.8 Å². The molecular formula is C30H35N7O2. The predicted octanol–water partition coefficient (Wildman–Crippen LogP) is 5.38. The third kappa shape index (κ3) is 4.75. The molecule has 202 valence electrons. The van der Waals surface area contributed by atoms with Gasteiger partial charge in [0.1, 0.15) is 0 Å². The standard InChI is InChI=1S/C30H35N7O2/c1-18-13-21-14-25(32-18)24-16-31-36(2)29(24)39-12-4-5-20(19-8-9-19)17-37-27-11-10-23(33-22-6-3-7-22)15-26(27)34-30(37)35-28(21)38/h10-11,13-16,19-20,22,33H,3-9,12,17H2,1-2H3,(H,34,35,38)/t20-/m1/s1. The Morgan fingerprint density at radius 1 is 1.05 bits per heavy atom. The predicted molar refractivity (Wildman–Crippen MR) is 153 cm³/mol. The van der Waals surface area contributed by atoms with Gasteiger partial charge in [0.2, 0.25) is 11.8 Å². The maximum atomic E-state index is 13.6. The highest BCUT2D eigenvalue weighted by molar-refractivity contribution is 6.19. The molecule has 2 saturated carbocycles. The third-order valence-electron chi connectivity index (χ3n) is 8.50. The molecule has 39 heavy (non-hydrogen) atoms. The molecule has 9 heteroatoms. The number of nitrogens with zero attached hydrogens (tertiary/aromatic N) is 5. The van der Waals surface area contributed by atoms with Crippen LogP contribution in [0.4, 0.5) is 17.1 Å². The summed E-state index contributed by atoms with van der Waals surface area (Å²) in [6.45, 7) is 3.33. The molecule has 9 nitrogen and oxygen atoms in total. The van der Waals surface area contributed by atoms with Gasteiger partial charge in [0.25, 0.3) is 5.91 Å². The average Bonchev–Trinajstić information content (AvgIpc) is 3.60. The number of rotatable bonds is 3. The van der Waals surface area contributed by atoms with E-state index in [1.165, 1.54) is 32.1 Å². The third-order valence-corrected chi connectivity index (χ3v) is 8.50. The van der Waals surface area contributed by atoms with Crippen LogP contribution < -0.4 is 20.3 Å². The average molecular weight is 526 g/mol. The van der Waals surface area contributed by atoms with Crippen molar-refractivity contribution in [2.75, 3.05) is 28.7 Å². The second kappa shape index (κ2) is 9.70. The second-order valence-corrected chi connectivity index (χ2v) is 11.4. The monoisotopic (exact) mass is 525 g/mol. The normalized spacial score (nSPS) is 22.6. The summed E-state index contributed by atoms with van der Waals surface area (Å²) in [5.74, 6) is 2.19. The van der Waals surface area contributed by atoms with Gasteiger partial charge in [0.15, 0.2) is 0 Å². The first-order chi connectivity index (χ1) is 19.0. The van der Waals surface area contributed by atoms with Gasteiger partial charge in [-0.3, -0.25) is 9.78 Å². The molecule has 2 aliphatic heterocycles. The van der Waals surface area contributed by atoms with E-state index >= 15 is 0 Å². The van der Waals surface area contributed by atoms with Gasteiger partial charge in [0, 0.05) is 36.6 Å². The Labute approximate surface area is 228 Å². The van der Waals surface area contributed by atoms with Gasteiger partial charge in [-0.15, -0.1) is 0 Å². The fourth-order valence-corrected chi connectivity index (χ4v) is 5.98. The molecule has 1 aromatic carbocycles. The zero-order valence-electron chi connectivity index (χ0n) is 22.6. The van der Waals surface area contributed by atoms with Gasteiger partial charge in [-0.2, -0.15) is 10.1 Å². The number of guanidine groups is 1. The van der Waals surface area contributed by atoms with E-state index in [4.69, 9.17) is 9.72 Å². The highest BCUT2D eigenvalue weighted by Crippen LogP contribution is 2.43. The lowest BCUT2D eigenvalue weighted by atomic mass is 9.93. The van der Waals surface area contributed by atoms with Crippen molar-refractivity contribution < 1.29 is 9.53 Å². The lowest BCUT2D eigenvalue weighted by Crippen LogP contribution is -2.36. The number of aliphatic imine (C=N–C) groups is 1. The van der Waals surface area contributed by atoms with Gasteiger partial charge in [-0.25, -0.2) is 4.68 Å². The van der Waals surface area contributed by atoms with Gasteiger partial charge in [0.05, 0.1) is 35.4 Å². The summed E-state index contributed by atoms with van der Waals surface area (Å²) in [6, 6.07) is 10.6. The van der Waals surface area contributed by atoms with E-state index in [2.05, 4.69) is 43.8 Å². The summed E-state index contributed by atoms with van der Waals surface area (Å²) >= 11 is 0. The first-order valence-corrected chi connectivity index (χ1v) is 14.2. The topological polar surface area (TPSA) is 96.7 Å². The Morgan fingerprint density at radius 3 is 2.72 bits per heavy atom. The minimum atomic E-state index is -0.293. The molecule has 4 aliphatic rings. The van der Waals surface area contributed by atoms with E-state index in [1.54, 1.807) is 23.0 Å². The molecule has 7 rings (SSSR count). The Bertz CT molecular complexity index is 1450. The first kappa shape index (κ1) is 24.2. The number of aromatic nitrogens is 3. The Hall–Kier alpha value is -3.88. The molecule has 3 aromatic rings. The highest BCUT2D eigenvalue weighted by atomic mass is 16.5. The molecule has 4 heterocycles. The Kier molecular flexibility index (Phi) is 6.01. The summed E-state index contributed by atoms with van der Waals surface area (Å²) in [7, 11) is 1.87. The number of anilines is 3. The van der Waals surface area contributed by atoms with Crippen LogP contribution in [0.15, 0.2) is 41.5 Å². The van der Waals surface area contributed by atoms with E-state index in [1.807, 2.05) is 14.0 Å². The lowest BCUT2D eigenvalue weighted by Gasteiger charge is -2.28. The fourth-order valence-electron chi connectivity index (χ4n) is 5.98. The van der Waals surface area contributed by atoms with Crippen LogP contribution in [-0.4, -0.2) is 45.8 Å². The van der Waals surface area contributed by atoms with Crippen LogP contribution in [0.25, 0.3) is 11.3 Å². The highest BCUT2D eigenvalue weighted by Gasteiger charge is 2.36. The van der Waals surface area contributed by atoms with Gasteiger partial charge in [-0.05, 0) is 94.0 Å². The molecule has 1 atom stereocenters. The van der Waals surface area contributed by atoms with Crippen molar-refractivity contribution in [1.29, 1.82) is 0 Å². The number of carbonyl (C=O) groups is 1. The smallest absolute Gasteiger partial charge is 0.280 e. The Morgan fingerprint density at radius 2 is 1.92 bits per heavy atom.